The Bertz CT molecular complexity index is 322. The predicted octanol–water partition coefficient (Wildman–Crippen LogP) is 2.97. The van der Waals surface area contributed by atoms with E-state index in [2.05, 4.69) is 24.7 Å². The maximum absolute atomic E-state index is 10.0. The van der Waals surface area contributed by atoms with Crippen LogP contribution in [-0.2, 0) is 19.1 Å². The third-order valence-electron chi connectivity index (χ3n) is 1.73. The molecule has 0 bridgehead atoms. The molecule has 0 heterocycles. The van der Waals surface area contributed by atoms with Gasteiger partial charge in [0, 0.05) is 13.8 Å². The Labute approximate surface area is 109 Å². The Morgan fingerprint density at radius 2 is 1.50 bits per heavy atom. The number of ether oxygens (including phenoxy) is 1. The summed E-state index contributed by atoms with van der Waals surface area (Å²) in [7, 11) is 0. The number of hydrogen-bond acceptors (Lipinski definition) is 4. The number of hydrogen-bond donors (Lipinski definition) is 0. The highest BCUT2D eigenvalue weighted by atomic mass is 16.6. The van der Waals surface area contributed by atoms with Crippen LogP contribution in [0.15, 0.2) is 23.3 Å². The van der Waals surface area contributed by atoms with Gasteiger partial charge in [-0.1, -0.05) is 17.2 Å². The number of esters is 2. The number of allylic oxidation sites excluding steroid dienone is 4. The number of rotatable bonds is 4. The van der Waals surface area contributed by atoms with Crippen molar-refractivity contribution in [2.75, 3.05) is 0 Å². The van der Waals surface area contributed by atoms with Gasteiger partial charge in [-0.15, -0.1) is 0 Å². The molecule has 0 spiro atoms. The summed E-state index contributed by atoms with van der Waals surface area (Å²) >= 11 is 0. The van der Waals surface area contributed by atoms with Crippen LogP contribution in [-0.4, -0.2) is 18.2 Å². The maximum Gasteiger partial charge on any atom is 0.310 e. The normalized spacial score (nSPS) is 9.72. The van der Waals surface area contributed by atoms with E-state index < -0.39 is 11.9 Å². The van der Waals surface area contributed by atoms with Gasteiger partial charge in [0.15, 0.2) is 0 Å². The monoisotopic (exact) mass is 254 g/mol. The summed E-state index contributed by atoms with van der Waals surface area (Å²) in [5.41, 5.74) is 2.49. The lowest BCUT2D eigenvalue weighted by Gasteiger charge is -1.94. The molecule has 102 valence electrons. The van der Waals surface area contributed by atoms with E-state index in [0.717, 1.165) is 24.7 Å². The van der Waals surface area contributed by atoms with E-state index in [1.165, 1.54) is 19.4 Å². The van der Waals surface area contributed by atoms with Crippen molar-refractivity contribution in [1.82, 2.24) is 0 Å². The third-order valence-corrected chi connectivity index (χ3v) is 1.73. The molecule has 0 radical (unpaired) electrons. The van der Waals surface area contributed by atoms with Gasteiger partial charge in [-0.25, -0.2) is 0 Å². The Hall–Kier alpha value is -1.71. The summed E-state index contributed by atoms with van der Waals surface area (Å²) in [5, 5.41) is 0. The molecule has 0 aliphatic heterocycles. The van der Waals surface area contributed by atoms with Gasteiger partial charge in [-0.2, -0.15) is 0 Å². The SMILES string of the molecule is CC(=O)OC(C)=O.CC(C)=CCC/C(C)=C/C=O. The number of aldehydes is 1. The molecule has 4 heteroatoms. The quantitative estimate of drug-likeness (QED) is 0.254. The molecule has 0 N–H and O–H groups in total. The minimum atomic E-state index is -0.562. The molecule has 0 unspecified atom stereocenters. The number of carbonyl (C=O) groups excluding carboxylic acids is 3. The summed E-state index contributed by atoms with van der Waals surface area (Å²) in [6.45, 7) is 8.51. The van der Waals surface area contributed by atoms with E-state index in [1.54, 1.807) is 6.08 Å². The zero-order chi connectivity index (χ0) is 14.6. The van der Waals surface area contributed by atoms with Gasteiger partial charge in [0.2, 0.25) is 0 Å². The predicted molar refractivity (Wildman–Crippen MR) is 70.9 cm³/mol. The molecule has 0 aromatic carbocycles. The van der Waals surface area contributed by atoms with Crippen molar-refractivity contribution in [3.63, 3.8) is 0 Å². The van der Waals surface area contributed by atoms with E-state index in [9.17, 15) is 14.4 Å². The first-order valence-corrected chi connectivity index (χ1v) is 5.72. The van der Waals surface area contributed by atoms with Crippen LogP contribution in [0.2, 0.25) is 0 Å². The summed E-state index contributed by atoms with van der Waals surface area (Å²) in [6.07, 6.45) is 6.68. The first kappa shape index (κ1) is 18.6. The molecule has 4 nitrogen and oxygen atoms in total. The van der Waals surface area contributed by atoms with E-state index in [-0.39, 0.29) is 0 Å². The van der Waals surface area contributed by atoms with Crippen molar-refractivity contribution in [2.24, 2.45) is 0 Å². The minimum absolute atomic E-state index is 0.562. The zero-order valence-corrected chi connectivity index (χ0v) is 11.8. The topological polar surface area (TPSA) is 60.4 Å². The van der Waals surface area contributed by atoms with Crippen molar-refractivity contribution in [2.45, 2.75) is 47.5 Å². The van der Waals surface area contributed by atoms with Crippen LogP contribution >= 0.6 is 0 Å². The van der Waals surface area contributed by atoms with Gasteiger partial charge in [-0.05, 0) is 39.7 Å². The molecule has 0 saturated carbocycles. The van der Waals surface area contributed by atoms with Crippen LogP contribution in [0.4, 0.5) is 0 Å². The minimum Gasteiger partial charge on any atom is -0.394 e. The van der Waals surface area contributed by atoms with Crippen molar-refractivity contribution in [3.8, 4) is 0 Å². The smallest absolute Gasteiger partial charge is 0.310 e. The molecule has 0 fully saturated rings. The lowest BCUT2D eigenvalue weighted by molar-refractivity contribution is -0.156. The summed E-state index contributed by atoms with van der Waals surface area (Å²) in [5.74, 6) is -1.12. The molecule has 0 saturated heterocycles. The molecule has 0 aromatic rings. The van der Waals surface area contributed by atoms with Gasteiger partial charge >= 0.3 is 11.9 Å². The average Bonchev–Trinajstić information content (AvgIpc) is 2.15. The van der Waals surface area contributed by atoms with Crippen LogP contribution in [0.5, 0.6) is 0 Å². The van der Waals surface area contributed by atoms with Crippen LogP contribution in [0, 0.1) is 0 Å². The fourth-order valence-corrected chi connectivity index (χ4v) is 0.990. The summed E-state index contributed by atoms with van der Waals surface area (Å²) in [4.78, 5) is 29.6. The van der Waals surface area contributed by atoms with Crippen molar-refractivity contribution in [1.29, 1.82) is 0 Å². The van der Waals surface area contributed by atoms with Crippen molar-refractivity contribution >= 4 is 18.2 Å². The van der Waals surface area contributed by atoms with Crippen LogP contribution < -0.4 is 0 Å². The van der Waals surface area contributed by atoms with E-state index in [4.69, 9.17) is 0 Å². The Morgan fingerprint density at radius 3 is 1.78 bits per heavy atom. The van der Waals surface area contributed by atoms with Gasteiger partial charge in [0.1, 0.15) is 6.29 Å². The van der Waals surface area contributed by atoms with Gasteiger partial charge in [0.05, 0.1) is 0 Å². The molecule has 0 aliphatic carbocycles. The van der Waals surface area contributed by atoms with E-state index in [1.807, 2.05) is 6.92 Å². The number of carbonyl (C=O) groups is 3. The molecule has 0 atom stereocenters. The molecular formula is C14H22O4. The van der Waals surface area contributed by atoms with Crippen molar-refractivity contribution < 1.29 is 19.1 Å². The van der Waals surface area contributed by atoms with E-state index in [0.29, 0.717) is 0 Å². The molecular weight excluding hydrogens is 232 g/mol. The fourth-order valence-electron chi connectivity index (χ4n) is 0.990. The highest BCUT2D eigenvalue weighted by molar-refractivity contribution is 5.82. The molecule has 0 rings (SSSR count). The first-order chi connectivity index (χ1) is 8.29. The van der Waals surface area contributed by atoms with Gasteiger partial charge < -0.3 is 4.74 Å². The Balaban J connectivity index is 0. The molecule has 18 heavy (non-hydrogen) atoms. The third kappa shape index (κ3) is 19.8. The average molecular weight is 254 g/mol. The highest BCUT2D eigenvalue weighted by Gasteiger charge is 1.93. The first-order valence-electron chi connectivity index (χ1n) is 5.72. The lowest BCUT2D eigenvalue weighted by atomic mass is 10.1. The lowest BCUT2D eigenvalue weighted by Crippen LogP contribution is -2.03. The summed E-state index contributed by atoms with van der Waals surface area (Å²) in [6, 6.07) is 0. The maximum atomic E-state index is 10.0. The molecule has 0 amide bonds. The second-order valence-corrected chi connectivity index (χ2v) is 4.05. The van der Waals surface area contributed by atoms with Gasteiger partial charge in [-0.3, -0.25) is 14.4 Å². The van der Waals surface area contributed by atoms with Gasteiger partial charge in [0.25, 0.3) is 0 Å². The van der Waals surface area contributed by atoms with Crippen molar-refractivity contribution in [3.05, 3.63) is 23.3 Å². The second-order valence-electron chi connectivity index (χ2n) is 4.05. The molecule has 0 aliphatic rings. The van der Waals surface area contributed by atoms with Crippen LogP contribution in [0.25, 0.3) is 0 Å². The van der Waals surface area contributed by atoms with Crippen LogP contribution in [0.1, 0.15) is 47.5 Å². The Kier molecular flexibility index (Phi) is 12.2. The zero-order valence-electron chi connectivity index (χ0n) is 11.8. The summed E-state index contributed by atoms with van der Waals surface area (Å²) < 4.78 is 3.97. The molecule has 0 aromatic heterocycles. The van der Waals surface area contributed by atoms with Crippen LogP contribution in [0.3, 0.4) is 0 Å². The highest BCUT2D eigenvalue weighted by Crippen LogP contribution is 2.05. The van der Waals surface area contributed by atoms with E-state index >= 15 is 0 Å². The standard InChI is InChI=1S/C10H16O.C4H6O3/c1-9(2)5-4-6-10(3)7-8-11;1-3(5)7-4(2)6/h5,7-8H,4,6H2,1-3H3;1-2H3/b10-7+;. The largest absolute Gasteiger partial charge is 0.394 e. The fraction of sp³-hybridized carbons (Fsp3) is 0.500. The Morgan fingerprint density at radius 1 is 1.00 bits per heavy atom. The second kappa shape index (κ2) is 11.8.